The lowest BCUT2D eigenvalue weighted by Gasteiger charge is -2.08. The average molecular weight is 349 g/mol. The van der Waals surface area contributed by atoms with Gasteiger partial charge in [0.15, 0.2) is 9.84 Å². The van der Waals surface area contributed by atoms with E-state index < -0.39 is 49.5 Å². The lowest BCUT2D eigenvalue weighted by molar-refractivity contribution is -0.0326. The Morgan fingerprint density at radius 2 is 1.95 bits per heavy atom. The van der Waals surface area contributed by atoms with Crippen LogP contribution in [0.1, 0.15) is 10.4 Å². The zero-order valence-corrected chi connectivity index (χ0v) is 12.0. The second-order valence-electron chi connectivity index (χ2n) is 3.56. The predicted molar refractivity (Wildman–Crippen MR) is 69.0 cm³/mol. The number of halogens is 4. The molecule has 0 heterocycles. The van der Waals surface area contributed by atoms with E-state index in [2.05, 4.69) is 0 Å². The molecule has 0 radical (unpaired) electrons. The van der Waals surface area contributed by atoms with E-state index in [4.69, 9.17) is 16.7 Å². The summed E-state index contributed by atoms with van der Waals surface area (Å²) in [4.78, 5) is 10.3. The van der Waals surface area contributed by atoms with Crippen LogP contribution in [0.3, 0.4) is 0 Å². The third-order valence-corrected chi connectivity index (χ3v) is 5.32. The molecule has 0 spiro atoms. The summed E-state index contributed by atoms with van der Waals surface area (Å²) in [7, 11) is -4.09. The molecule has 0 atom stereocenters. The van der Waals surface area contributed by atoms with Gasteiger partial charge in [0.2, 0.25) is 0 Å². The van der Waals surface area contributed by atoms with Gasteiger partial charge in [-0.05, 0) is 30.0 Å². The lowest BCUT2D eigenvalue weighted by atomic mass is 10.2. The molecule has 1 aromatic rings. The zero-order chi connectivity index (χ0) is 15.6. The minimum Gasteiger partial charge on any atom is -0.478 e. The quantitative estimate of drug-likeness (QED) is 0.885. The highest BCUT2D eigenvalue weighted by atomic mass is 35.5. The fourth-order valence-electron chi connectivity index (χ4n) is 1.25. The first kappa shape index (κ1) is 17.1. The van der Waals surface area contributed by atoms with Gasteiger partial charge in [-0.1, -0.05) is 11.6 Å². The summed E-state index contributed by atoms with van der Waals surface area (Å²) in [5.74, 6) is -2.85. The number of carbonyl (C=O) groups is 1. The second kappa shape index (κ2) is 6.23. The number of alkyl halides is 3. The van der Waals surface area contributed by atoms with Crippen molar-refractivity contribution in [3.8, 4) is 0 Å². The van der Waals surface area contributed by atoms with Crippen LogP contribution in [0.15, 0.2) is 23.1 Å². The summed E-state index contributed by atoms with van der Waals surface area (Å²) >= 11 is 5.19. The van der Waals surface area contributed by atoms with Gasteiger partial charge in [-0.15, -0.1) is 0 Å². The minimum absolute atomic E-state index is 0.230. The van der Waals surface area contributed by atoms with Crippen molar-refractivity contribution >= 4 is 39.2 Å². The maximum Gasteiger partial charge on any atom is 0.441 e. The van der Waals surface area contributed by atoms with Crippen LogP contribution in [0.4, 0.5) is 13.2 Å². The minimum atomic E-state index is -4.53. The number of hydrogen-bond acceptors (Lipinski definition) is 4. The van der Waals surface area contributed by atoms with E-state index in [1.807, 2.05) is 0 Å². The highest BCUT2D eigenvalue weighted by molar-refractivity contribution is 8.01. The normalized spacial score (nSPS) is 12.4. The van der Waals surface area contributed by atoms with Crippen LogP contribution < -0.4 is 0 Å². The average Bonchev–Trinajstić information content (AvgIpc) is 2.26. The number of carboxylic acid groups (broad SMARTS) is 1. The van der Waals surface area contributed by atoms with Crippen molar-refractivity contribution in [2.45, 2.75) is 10.4 Å². The topological polar surface area (TPSA) is 71.4 Å². The third-order valence-electron chi connectivity index (χ3n) is 2.13. The van der Waals surface area contributed by atoms with E-state index in [1.54, 1.807) is 0 Å². The molecular formula is C10H8ClF3O4S2. The van der Waals surface area contributed by atoms with Gasteiger partial charge in [0, 0.05) is 5.75 Å². The Hall–Kier alpha value is -0.930. The first-order chi connectivity index (χ1) is 9.03. The molecule has 0 bridgehead atoms. The van der Waals surface area contributed by atoms with Gasteiger partial charge >= 0.3 is 11.5 Å². The molecule has 0 saturated heterocycles. The number of sulfone groups is 1. The Bertz CT molecular complexity index is 613. The standard InChI is InChI=1S/C10H8ClF3O4S2/c11-7-2-1-6(9(15)16)5-8(7)20(17,18)4-3-19-10(12,13)14/h1-2,5H,3-4H2,(H,15,16). The van der Waals surface area contributed by atoms with Crippen molar-refractivity contribution in [1.82, 2.24) is 0 Å². The molecule has 0 aliphatic heterocycles. The van der Waals surface area contributed by atoms with Crippen molar-refractivity contribution < 1.29 is 31.5 Å². The number of carboxylic acids is 1. The summed E-state index contributed by atoms with van der Waals surface area (Å²) in [5, 5.41) is 8.53. The van der Waals surface area contributed by atoms with Crippen molar-refractivity contribution in [2.24, 2.45) is 0 Å². The molecule has 0 amide bonds. The molecule has 20 heavy (non-hydrogen) atoms. The fraction of sp³-hybridized carbons (Fsp3) is 0.300. The first-order valence-electron chi connectivity index (χ1n) is 4.99. The third kappa shape index (κ3) is 4.88. The van der Waals surface area contributed by atoms with Gasteiger partial charge in [-0.2, -0.15) is 13.2 Å². The molecule has 0 unspecified atom stereocenters. The van der Waals surface area contributed by atoms with E-state index in [-0.39, 0.29) is 10.6 Å². The number of aromatic carboxylic acids is 1. The van der Waals surface area contributed by atoms with Crippen LogP contribution in [0.2, 0.25) is 5.02 Å². The van der Waals surface area contributed by atoms with Crippen LogP contribution in [-0.4, -0.2) is 36.5 Å². The summed E-state index contributed by atoms with van der Waals surface area (Å²) in [6.07, 6.45) is 0. The Balaban J connectivity index is 2.97. The van der Waals surface area contributed by atoms with Crippen molar-refractivity contribution in [1.29, 1.82) is 0 Å². The van der Waals surface area contributed by atoms with Crippen LogP contribution in [0, 0.1) is 0 Å². The van der Waals surface area contributed by atoms with E-state index in [0.717, 1.165) is 18.2 Å². The molecule has 112 valence electrons. The summed E-state index contributed by atoms with van der Waals surface area (Å²) in [6, 6.07) is 3.02. The van der Waals surface area contributed by atoms with Crippen molar-refractivity contribution in [2.75, 3.05) is 11.5 Å². The Morgan fingerprint density at radius 3 is 2.45 bits per heavy atom. The van der Waals surface area contributed by atoms with Gasteiger partial charge in [0.25, 0.3) is 0 Å². The highest BCUT2D eigenvalue weighted by Crippen LogP contribution is 2.31. The number of hydrogen-bond donors (Lipinski definition) is 1. The van der Waals surface area contributed by atoms with Gasteiger partial charge in [0.1, 0.15) is 0 Å². The Labute approximate surface area is 121 Å². The van der Waals surface area contributed by atoms with E-state index >= 15 is 0 Å². The van der Waals surface area contributed by atoms with Crippen LogP contribution in [0.25, 0.3) is 0 Å². The Kier molecular flexibility index (Phi) is 5.33. The summed E-state index contributed by atoms with van der Waals surface area (Å²) < 4.78 is 59.6. The van der Waals surface area contributed by atoms with Crippen LogP contribution >= 0.6 is 23.4 Å². The smallest absolute Gasteiger partial charge is 0.441 e. The molecule has 1 rings (SSSR count). The van der Waals surface area contributed by atoms with Crippen molar-refractivity contribution in [3.05, 3.63) is 28.8 Å². The molecule has 0 saturated carbocycles. The van der Waals surface area contributed by atoms with Crippen LogP contribution in [-0.2, 0) is 9.84 Å². The van der Waals surface area contributed by atoms with E-state index in [0.29, 0.717) is 0 Å². The molecule has 10 heteroatoms. The van der Waals surface area contributed by atoms with E-state index in [9.17, 15) is 26.4 Å². The van der Waals surface area contributed by atoms with Crippen molar-refractivity contribution in [3.63, 3.8) is 0 Å². The maximum absolute atomic E-state index is 11.9. The largest absolute Gasteiger partial charge is 0.478 e. The maximum atomic E-state index is 11.9. The SMILES string of the molecule is O=C(O)c1ccc(Cl)c(S(=O)(=O)CCSC(F)(F)F)c1. The van der Waals surface area contributed by atoms with E-state index in [1.165, 1.54) is 0 Å². The molecule has 4 nitrogen and oxygen atoms in total. The molecule has 1 N–H and O–H groups in total. The van der Waals surface area contributed by atoms with Gasteiger partial charge < -0.3 is 5.11 Å². The molecule has 0 aliphatic carbocycles. The fourth-order valence-corrected chi connectivity index (χ4v) is 4.06. The highest BCUT2D eigenvalue weighted by Gasteiger charge is 2.29. The predicted octanol–water partition coefficient (Wildman–Crippen LogP) is 3.06. The molecule has 0 fully saturated rings. The second-order valence-corrected chi connectivity index (χ2v) is 7.21. The van der Waals surface area contributed by atoms with Gasteiger partial charge in [-0.3, -0.25) is 0 Å². The molecule has 0 aliphatic rings. The number of rotatable bonds is 5. The zero-order valence-electron chi connectivity index (χ0n) is 9.65. The number of benzene rings is 1. The monoisotopic (exact) mass is 348 g/mol. The lowest BCUT2D eigenvalue weighted by Crippen LogP contribution is -2.13. The Morgan fingerprint density at radius 1 is 1.35 bits per heavy atom. The van der Waals surface area contributed by atoms with Crippen LogP contribution in [0.5, 0.6) is 0 Å². The molecular weight excluding hydrogens is 341 g/mol. The van der Waals surface area contributed by atoms with Gasteiger partial charge in [-0.25, -0.2) is 13.2 Å². The summed E-state index contributed by atoms with van der Waals surface area (Å²) in [6.45, 7) is 0. The molecule has 1 aromatic carbocycles. The van der Waals surface area contributed by atoms with Gasteiger partial charge in [0.05, 0.1) is 21.2 Å². The number of thioether (sulfide) groups is 1. The molecule has 0 aromatic heterocycles. The first-order valence-corrected chi connectivity index (χ1v) is 8.01. The summed E-state index contributed by atoms with van der Waals surface area (Å²) in [5.41, 5.74) is -4.83.